The van der Waals surface area contributed by atoms with Gasteiger partial charge in [0.15, 0.2) is 0 Å². The van der Waals surface area contributed by atoms with E-state index in [0.29, 0.717) is 13.0 Å². The van der Waals surface area contributed by atoms with E-state index in [-0.39, 0.29) is 23.8 Å². The van der Waals surface area contributed by atoms with Crippen molar-refractivity contribution in [1.82, 2.24) is 10.6 Å². The molecule has 2 saturated heterocycles. The van der Waals surface area contributed by atoms with Gasteiger partial charge in [0.25, 0.3) is 0 Å². The Morgan fingerprint density at radius 1 is 1.32 bits per heavy atom. The third kappa shape index (κ3) is 3.30. The predicted octanol–water partition coefficient (Wildman–Crippen LogP) is 1.22. The van der Waals surface area contributed by atoms with Gasteiger partial charge in [0.05, 0.1) is 5.92 Å². The predicted molar refractivity (Wildman–Crippen MR) is 85.7 cm³/mol. The molecular formula is C17H23N3O2. The Balaban J connectivity index is 1.61. The lowest BCUT2D eigenvalue weighted by Gasteiger charge is -2.25. The zero-order chi connectivity index (χ0) is 15.5. The zero-order valence-corrected chi connectivity index (χ0v) is 13.0. The molecule has 0 radical (unpaired) electrons. The molecule has 2 aliphatic heterocycles. The highest BCUT2D eigenvalue weighted by Gasteiger charge is 2.35. The highest BCUT2D eigenvalue weighted by atomic mass is 16.2. The average Bonchev–Trinajstić information content (AvgIpc) is 2.91. The van der Waals surface area contributed by atoms with E-state index < -0.39 is 0 Å². The van der Waals surface area contributed by atoms with E-state index in [1.165, 1.54) is 0 Å². The van der Waals surface area contributed by atoms with E-state index in [0.717, 1.165) is 37.2 Å². The SMILES string of the molecule is Cc1ccc(N2CC(C(=O)NC3CCCNC3)CC2=O)cc1. The number of hydrogen-bond acceptors (Lipinski definition) is 3. The van der Waals surface area contributed by atoms with Crippen molar-refractivity contribution in [2.24, 2.45) is 5.92 Å². The maximum absolute atomic E-state index is 12.4. The fourth-order valence-corrected chi connectivity index (χ4v) is 3.15. The molecule has 0 spiro atoms. The third-order valence-corrected chi connectivity index (χ3v) is 4.48. The minimum atomic E-state index is -0.240. The summed E-state index contributed by atoms with van der Waals surface area (Å²) in [7, 11) is 0. The maximum atomic E-state index is 12.4. The fraction of sp³-hybridized carbons (Fsp3) is 0.529. The zero-order valence-electron chi connectivity index (χ0n) is 13.0. The summed E-state index contributed by atoms with van der Waals surface area (Å²) >= 11 is 0. The van der Waals surface area contributed by atoms with Crippen LogP contribution in [0, 0.1) is 12.8 Å². The molecule has 5 heteroatoms. The van der Waals surface area contributed by atoms with Crippen LogP contribution in [0.3, 0.4) is 0 Å². The highest BCUT2D eigenvalue weighted by molar-refractivity contribution is 6.00. The highest BCUT2D eigenvalue weighted by Crippen LogP contribution is 2.25. The normalized spacial score (nSPS) is 25.3. The van der Waals surface area contributed by atoms with E-state index in [4.69, 9.17) is 0 Å². The van der Waals surface area contributed by atoms with Gasteiger partial charge in [0, 0.05) is 31.2 Å². The van der Waals surface area contributed by atoms with Crippen LogP contribution in [0.4, 0.5) is 5.69 Å². The Morgan fingerprint density at radius 2 is 2.09 bits per heavy atom. The third-order valence-electron chi connectivity index (χ3n) is 4.48. The smallest absolute Gasteiger partial charge is 0.227 e. The lowest BCUT2D eigenvalue weighted by molar-refractivity contribution is -0.127. The number of aryl methyl sites for hydroxylation is 1. The largest absolute Gasteiger partial charge is 0.352 e. The number of amides is 2. The first-order valence-corrected chi connectivity index (χ1v) is 8.01. The minimum absolute atomic E-state index is 0.0108. The summed E-state index contributed by atoms with van der Waals surface area (Å²) in [6.07, 6.45) is 2.41. The van der Waals surface area contributed by atoms with Crippen LogP contribution in [0.1, 0.15) is 24.8 Å². The number of carbonyl (C=O) groups is 2. The van der Waals surface area contributed by atoms with E-state index >= 15 is 0 Å². The van der Waals surface area contributed by atoms with E-state index in [2.05, 4.69) is 10.6 Å². The van der Waals surface area contributed by atoms with E-state index in [1.807, 2.05) is 31.2 Å². The minimum Gasteiger partial charge on any atom is -0.352 e. The number of carbonyl (C=O) groups excluding carboxylic acids is 2. The van der Waals surface area contributed by atoms with Gasteiger partial charge in [-0.1, -0.05) is 17.7 Å². The summed E-state index contributed by atoms with van der Waals surface area (Å²) in [5.74, 6) is -0.196. The van der Waals surface area contributed by atoms with Gasteiger partial charge < -0.3 is 15.5 Å². The molecule has 1 aromatic rings. The van der Waals surface area contributed by atoms with Gasteiger partial charge in [-0.3, -0.25) is 9.59 Å². The van der Waals surface area contributed by atoms with Crippen molar-refractivity contribution in [3.05, 3.63) is 29.8 Å². The molecule has 118 valence electrons. The van der Waals surface area contributed by atoms with Crippen molar-refractivity contribution >= 4 is 17.5 Å². The van der Waals surface area contributed by atoms with Crippen LogP contribution in [-0.4, -0.2) is 37.5 Å². The Labute approximate surface area is 131 Å². The summed E-state index contributed by atoms with van der Waals surface area (Å²) in [5, 5.41) is 6.37. The first-order valence-electron chi connectivity index (χ1n) is 8.01. The van der Waals surface area contributed by atoms with Crippen LogP contribution in [0.5, 0.6) is 0 Å². The molecule has 22 heavy (non-hydrogen) atoms. The molecule has 2 heterocycles. The lowest BCUT2D eigenvalue weighted by Crippen LogP contribution is -2.47. The van der Waals surface area contributed by atoms with Crippen molar-refractivity contribution in [3.63, 3.8) is 0 Å². The Morgan fingerprint density at radius 3 is 2.77 bits per heavy atom. The second-order valence-electron chi connectivity index (χ2n) is 6.29. The lowest BCUT2D eigenvalue weighted by atomic mass is 10.0. The van der Waals surface area contributed by atoms with Gasteiger partial charge in [-0.25, -0.2) is 0 Å². The molecule has 2 aliphatic rings. The van der Waals surface area contributed by atoms with Crippen LogP contribution in [-0.2, 0) is 9.59 Å². The standard InChI is InChI=1S/C17H23N3O2/c1-12-4-6-15(7-5-12)20-11-13(9-16(20)21)17(22)19-14-3-2-8-18-10-14/h4-7,13-14,18H,2-3,8-11H2,1H3,(H,19,22). The number of anilines is 1. The van der Waals surface area contributed by atoms with Crippen molar-refractivity contribution in [1.29, 1.82) is 0 Å². The summed E-state index contributed by atoms with van der Waals surface area (Å²) in [5.41, 5.74) is 2.04. The van der Waals surface area contributed by atoms with Gasteiger partial charge in [0.1, 0.15) is 0 Å². The maximum Gasteiger partial charge on any atom is 0.227 e. The first-order chi connectivity index (χ1) is 10.6. The van der Waals surface area contributed by atoms with Crippen LogP contribution < -0.4 is 15.5 Å². The van der Waals surface area contributed by atoms with Gasteiger partial charge in [-0.05, 0) is 38.4 Å². The fourth-order valence-electron chi connectivity index (χ4n) is 3.15. The van der Waals surface area contributed by atoms with Crippen LogP contribution in [0.15, 0.2) is 24.3 Å². The molecule has 0 aliphatic carbocycles. The number of nitrogens with one attached hydrogen (secondary N) is 2. The first kappa shape index (κ1) is 15.0. The van der Waals surface area contributed by atoms with E-state index in [1.54, 1.807) is 4.90 Å². The molecule has 0 aromatic heterocycles. The molecule has 0 saturated carbocycles. The number of benzene rings is 1. The average molecular weight is 301 g/mol. The molecular weight excluding hydrogens is 278 g/mol. The number of rotatable bonds is 3. The van der Waals surface area contributed by atoms with Crippen LogP contribution in [0.2, 0.25) is 0 Å². The van der Waals surface area contributed by atoms with E-state index in [9.17, 15) is 9.59 Å². The molecule has 5 nitrogen and oxygen atoms in total. The number of hydrogen-bond donors (Lipinski definition) is 2. The molecule has 3 rings (SSSR count). The van der Waals surface area contributed by atoms with Crippen LogP contribution in [0.25, 0.3) is 0 Å². The second-order valence-corrected chi connectivity index (χ2v) is 6.29. The summed E-state index contributed by atoms with van der Waals surface area (Å²) in [6, 6.07) is 8.06. The molecule has 2 fully saturated rings. The Hall–Kier alpha value is -1.88. The Bertz CT molecular complexity index is 550. The van der Waals surface area contributed by atoms with Crippen molar-refractivity contribution in [2.75, 3.05) is 24.5 Å². The van der Waals surface area contributed by atoms with Crippen molar-refractivity contribution in [2.45, 2.75) is 32.2 Å². The van der Waals surface area contributed by atoms with Crippen LogP contribution >= 0.6 is 0 Å². The topological polar surface area (TPSA) is 61.4 Å². The van der Waals surface area contributed by atoms with Gasteiger partial charge in [0.2, 0.25) is 11.8 Å². The molecule has 2 unspecified atom stereocenters. The summed E-state index contributed by atoms with van der Waals surface area (Å²) in [6.45, 7) is 4.35. The molecule has 1 aromatic carbocycles. The second kappa shape index (κ2) is 6.48. The summed E-state index contributed by atoms with van der Waals surface area (Å²) in [4.78, 5) is 26.3. The molecule has 2 N–H and O–H groups in total. The molecule has 2 atom stereocenters. The molecule has 2 amide bonds. The van der Waals surface area contributed by atoms with Gasteiger partial charge >= 0.3 is 0 Å². The Kier molecular flexibility index (Phi) is 4.43. The summed E-state index contributed by atoms with van der Waals surface area (Å²) < 4.78 is 0. The quantitative estimate of drug-likeness (QED) is 0.882. The molecule has 0 bridgehead atoms. The number of piperidine rings is 1. The van der Waals surface area contributed by atoms with Crippen molar-refractivity contribution in [3.8, 4) is 0 Å². The van der Waals surface area contributed by atoms with Gasteiger partial charge in [-0.2, -0.15) is 0 Å². The number of nitrogens with zero attached hydrogens (tertiary/aromatic N) is 1. The van der Waals surface area contributed by atoms with Crippen molar-refractivity contribution < 1.29 is 9.59 Å². The monoisotopic (exact) mass is 301 g/mol. The van der Waals surface area contributed by atoms with Gasteiger partial charge in [-0.15, -0.1) is 0 Å².